The normalized spacial score (nSPS) is 10.7. The van der Waals surface area contributed by atoms with Gasteiger partial charge in [0.2, 0.25) is 0 Å². The molecule has 4 rings (SSSR count). The summed E-state index contributed by atoms with van der Waals surface area (Å²) in [5.74, 6) is 2.14. The van der Waals surface area contributed by atoms with Gasteiger partial charge in [-0.25, -0.2) is 4.39 Å². The van der Waals surface area contributed by atoms with E-state index < -0.39 is 5.82 Å². The lowest BCUT2D eigenvalue weighted by Crippen LogP contribution is -2.03. The van der Waals surface area contributed by atoms with E-state index in [1.807, 2.05) is 47.0 Å². The second-order valence-electron chi connectivity index (χ2n) is 6.41. The first-order chi connectivity index (χ1) is 14.7. The van der Waals surface area contributed by atoms with Crippen LogP contribution in [0.2, 0.25) is 0 Å². The van der Waals surface area contributed by atoms with Crippen molar-refractivity contribution >= 4 is 11.8 Å². The van der Waals surface area contributed by atoms with E-state index in [2.05, 4.69) is 10.2 Å². The van der Waals surface area contributed by atoms with Crippen LogP contribution >= 0.6 is 11.8 Å². The van der Waals surface area contributed by atoms with Gasteiger partial charge in [-0.1, -0.05) is 17.8 Å². The zero-order valence-electron chi connectivity index (χ0n) is 16.1. The minimum absolute atomic E-state index is 0.295. The Labute approximate surface area is 176 Å². The maximum Gasteiger partial charge on any atom is 0.192 e. The molecule has 2 aromatic carbocycles. The summed E-state index contributed by atoms with van der Waals surface area (Å²) in [6, 6.07) is 17.7. The van der Waals surface area contributed by atoms with Crippen LogP contribution < -0.4 is 4.74 Å². The first-order valence-corrected chi connectivity index (χ1v) is 10.1. The van der Waals surface area contributed by atoms with E-state index in [1.165, 1.54) is 17.8 Å². The molecule has 0 radical (unpaired) electrons. The van der Waals surface area contributed by atoms with Gasteiger partial charge in [0, 0.05) is 11.3 Å². The molecule has 0 amide bonds. The number of halogens is 1. The molecular weight excluding hydrogens is 403 g/mol. The topological polar surface area (TPSA) is 76.9 Å². The Morgan fingerprint density at radius 3 is 2.67 bits per heavy atom. The van der Waals surface area contributed by atoms with E-state index in [0.29, 0.717) is 34.4 Å². The number of nitriles is 1. The molecule has 4 aromatic rings. The van der Waals surface area contributed by atoms with E-state index >= 15 is 0 Å². The molecule has 2 heterocycles. The molecular formula is C22H17FN4O2S. The molecule has 2 aromatic heterocycles. The van der Waals surface area contributed by atoms with Gasteiger partial charge in [0.1, 0.15) is 17.3 Å². The summed E-state index contributed by atoms with van der Waals surface area (Å²) in [6.45, 7) is 0.444. The number of rotatable bonds is 7. The summed E-state index contributed by atoms with van der Waals surface area (Å²) in [7, 11) is 1.62. The minimum Gasteiger partial charge on any atom is -0.497 e. The van der Waals surface area contributed by atoms with E-state index in [0.717, 1.165) is 17.1 Å². The second kappa shape index (κ2) is 8.84. The number of hydrogen-bond donors (Lipinski definition) is 0. The van der Waals surface area contributed by atoms with Crippen LogP contribution in [-0.4, -0.2) is 21.9 Å². The molecule has 0 bridgehead atoms. The van der Waals surface area contributed by atoms with Gasteiger partial charge in [-0.3, -0.25) is 4.57 Å². The Kier molecular flexibility index (Phi) is 5.82. The fourth-order valence-electron chi connectivity index (χ4n) is 2.93. The highest BCUT2D eigenvalue weighted by Gasteiger charge is 2.17. The number of benzene rings is 2. The molecule has 8 heteroatoms. The number of aromatic nitrogens is 3. The molecule has 30 heavy (non-hydrogen) atoms. The average Bonchev–Trinajstić information content (AvgIpc) is 3.43. The van der Waals surface area contributed by atoms with Crippen molar-refractivity contribution in [3.05, 3.63) is 83.6 Å². The molecule has 0 fully saturated rings. The molecule has 0 saturated heterocycles. The third kappa shape index (κ3) is 4.21. The van der Waals surface area contributed by atoms with Crippen LogP contribution in [0, 0.1) is 17.1 Å². The van der Waals surface area contributed by atoms with Crippen LogP contribution in [0.15, 0.2) is 70.4 Å². The largest absolute Gasteiger partial charge is 0.497 e. The predicted octanol–water partition coefficient (Wildman–Crippen LogP) is 4.90. The van der Waals surface area contributed by atoms with Crippen LogP contribution in [0.5, 0.6) is 5.75 Å². The molecule has 0 N–H and O–H groups in total. The highest BCUT2D eigenvalue weighted by Crippen LogP contribution is 2.29. The van der Waals surface area contributed by atoms with E-state index in [1.54, 1.807) is 25.5 Å². The van der Waals surface area contributed by atoms with Gasteiger partial charge < -0.3 is 9.15 Å². The lowest BCUT2D eigenvalue weighted by Gasteiger charge is -2.10. The Morgan fingerprint density at radius 1 is 1.17 bits per heavy atom. The van der Waals surface area contributed by atoms with Crippen LogP contribution in [0.1, 0.15) is 16.9 Å². The van der Waals surface area contributed by atoms with Gasteiger partial charge in [0.05, 0.1) is 31.6 Å². The van der Waals surface area contributed by atoms with Crippen molar-refractivity contribution < 1.29 is 13.5 Å². The Bertz CT molecular complexity index is 1180. The Balaban J connectivity index is 1.63. The maximum absolute atomic E-state index is 14.3. The van der Waals surface area contributed by atoms with Crippen LogP contribution in [-0.2, 0) is 12.3 Å². The van der Waals surface area contributed by atoms with Crippen LogP contribution in [0.3, 0.4) is 0 Å². The molecule has 0 aliphatic carbocycles. The Morgan fingerprint density at radius 2 is 2.00 bits per heavy atom. The van der Waals surface area contributed by atoms with Gasteiger partial charge in [-0.05, 0) is 54.1 Å². The predicted molar refractivity (Wildman–Crippen MR) is 110 cm³/mol. The minimum atomic E-state index is -0.408. The Hall–Kier alpha value is -3.57. The van der Waals surface area contributed by atoms with Crippen molar-refractivity contribution in [1.29, 1.82) is 5.26 Å². The quantitative estimate of drug-likeness (QED) is 0.396. The fourth-order valence-corrected chi connectivity index (χ4v) is 3.85. The summed E-state index contributed by atoms with van der Waals surface area (Å²) in [6.07, 6.45) is 1.62. The molecule has 150 valence electrons. The average molecular weight is 420 g/mol. The van der Waals surface area contributed by atoms with E-state index in [4.69, 9.17) is 14.4 Å². The summed E-state index contributed by atoms with van der Waals surface area (Å²) >= 11 is 1.37. The summed E-state index contributed by atoms with van der Waals surface area (Å²) < 4.78 is 26.9. The van der Waals surface area contributed by atoms with Crippen molar-refractivity contribution in [2.75, 3.05) is 7.11 Å². The standard InChI is InChI=1S/C22H17FN4O2S/c1-28-18-8-6-16(7-9-18)21-25-26-22(27(21)13-19-3-2-10-29-19)30-14-17-5-4-15(12-24)11-20(17)23/h2-11H,13-14H2,1H3. The van der Waals surface area contributed by atoms with Gasteiger partial charge in [-0.15, -0.1) is 10.2 Å². The molecule has 0 spiro atoms. The van der Waals surface area contributed by atoms with Crippen molar-refractivity contribution in [2.45, 2.75) is 17.5 Å². The monoisotopic (exact) mass is 420 g/mol. The van der Waals surface area contributed by atoms with Crippen molar-refractivity contribution in [1.82, 2.24) is 14.8 Å². The lowest BCUT2D eigenvalue weighted by atomic mass is 10.1. The van der Waals surface area contributed by atoms with Crippen molar-refractivity contribution in [3.8, 4) is 23.2 Å². The fraction of sp³-hybridized carbons (Fsp3) is 0.136. The summed E-state index contributed by atoms with van der Waals surface area (Å²) in [5.41, 5.74) is 1.67. The SMILES string of the molecule is COc1ccc(-c2nnc(SCc3ccc(C#N)cc3F)n2Cc2ccco2)cc1. The van der Waals surface area contributed by atoms with Gasteiger partial charge in [0.15, 0.2) is 11.0 Å². The second-order valence-corrected chi connectivity index (χ2v) is 7.35. The molecule has 0 atom stereocenters. The van der Waals surface area contributed by atoms with Gasteiger partial charge >= 0.3 is 0 Å². The van der Waals surface area contributed by atoms with Gasteiger partial charge in [0.25, 0.3) is 0 Å². The molecule has 0 aliphatic rings. The smallest absolute Gasteiger partial charge is 0.192 e. The first kappa shape index (κ1) is 19.7. The third-order valence-electron chi connectivity index (χ3n) is 4.50. The number of furan rings is 1. The molecule has 0 aliphatic heterocycles. The number of thioether (sulfide) groups is 1. The molecule has 6 nitrogen and oxygen atoms in total. The van der Waals surface area contributed by atoms with Gasteiger partial charge in [-0.2, -0.15) is 5.26 Å². The molecule has 0 unspecified atom stereocenters. The summed E-state index contributed by atoms with van der Waals surface area (Å²) in [4.78, 5) is 0. The number of hydrogen-bond acceptors (Lipinski definition) is 6. The number of methoxy groups -OCH3 is 1. The van der Waals surface area contributed by atoms with Crippen molar-refractivity contribution in [3.63, 3.8) is 0 Å². The molecule has 0 saturated carbocycles. The lowest BCUT2D eigenvalue weighted by molar-refractivity contribution is 0.415. The first-order valence-electron chi connectivity index (χ1n) is 9.09. The van der Waals surface area contributed by atoms with E-state index in [-0.39, 0.29) is 0 Å². The summed E-state index contributed by atoms with van der Waals surface area (Å²) in [5, 5.41) is 18.2. The van der Waals surface area contributed by atoms with Crippen LogP contribution in [0.25, 0.3) is 11.4 Å². The van der Waals surface area contributed by atoms with E-state index in [9.17, 15) is 4.39 Å². The number of nitrogens with zero attached hydrogens (tertiary/aromatic N) is 4. The van der Waals surface area contributed by atoms with Crippen molar-refractivity contribution in [2.24, 2.45) is 0 Å². The highest BCUT2D eigenvalue weighted by atomic mass is 32.2. The van der Waals surface area contributed by atoms with Crippen LogP contribution in [0.4, 0.5) is 4.39 Å². The zero-order chi connectivity index (χ0) is 20.9. The number of ether oxygens (including phenoxy) is 1. The third-order valence-corrected chi connectivity index (χ3v) is 5.51. The maximum atomic E-state index is 14.3. The highest BCUT2D eigenvalue weighted by molar-refractivity contribution is 7.98. The zero-order valence-corrected chi connectivity index (χ0v) is 16.9.